The second kappa shape index (κ2) is 11.0. The van der Waals surface area contributed by atoms with E-state index in [0.29, 0.717) is 16.5 Å². The Kier molecular flexibility index (Phi) is 7.38. The highest BCUT2D eigenvalue weighted by atomic mass is 32.2. The average Bonchev–Trinajstić information content (AvgIpc) is 3.67. The van der Waals surface area contributed by atoms with Crippen molar-refractivity contribution in [2.24, 2.45) is 7.05 Å². The number of hydrazine groups is 1. The van der Waals surface area contributed by atoms with Gasteiger partial charge in [-0.2, -0.15) is 0 Å². The lowest BCUT2D eigenvalue weighted by molar-refractivity contribution is -0.131. The maximum Gasteiger partial charge on any atom is 0.252 e. The molecular weight excluding hydrogens is 504 g/mol. The molecule has 3 heterocycles. The highest BCUT2D eigenvalue weighted by Gasteiger charge is 2.31. The van der Waals surface area contributed by atoms with Gasteiger partial charge in [0, 0.05) is 12.6 Å². The zero-order valence-corrected chi connectivity index (χ0v) is 22.1. The first-order chi connectivity index (χ1) is 18.0. The predicted molar refractivity (Wildman–Crippen MR) is 146 cm³/mol. The van der Waals surface area contributed by atoms with Crippen LogP contribution in [0.4, 0.5) is 0 Å². The fourth-order valence-electron chi connectivity index (χ4n) is 3.94. The molecule has 0 fully saturated rings. The van der Waals surface area contributed by atoms with Crippen LogP contribution < -0.4 is 10.7 Å². The molecule has 0 radical (unpaired) electrons. The first-order valence-electron chi connectivity index (χ1n) is 11.7. The normalized spacial score (nSPS) is 14.8. The molecule has 188 valence electrons. The van der Waals surface area contributed by atoms with E-state index in [-0.39, 0.29) is 30.2 Å². The van der Waals surface area contributed by atoms with Gasteiger partial charge in [0.1, 0.15) is 0 Å². The Bertz CT molecular complexity index is 1420. The molecule has 0 saturated heterocycles. The number of rotatable bonds is 8. The minimum absolute atomic E-state index is 0.0692. The van der Waals surface area contributed by atoms with Gasteiger partial charge in [0.25, 0.3) is 11.8 Å². The molecule has 1 aliphatic heterocycles. The molecule has 0 bridgehead atoms. The van der Waals surface area contributed by atoms with Crippen LogP contribution in [-0.2, 0) is 18.4 Å². The summed E-state index contributed by atoms with van der Waals surface area (Å²) in [5, 5.41) is 15.6. The molecule has 0 aliphatic carbocycles. The number of hydrogen-bond acceptors (Lipinski definition) is 7. The van der Waals surface area contributed by atoms with Crippen molar-refractivity contribution in [1.29, 1.82) is 0 Å². The van der Waals surface area contributed by atoms with E-state index in [1.165, 1.54) is 17.3 Å². The van der Waals surface area contributed by atoms with Crippen LogP contribution in [-0.4, -0.2) is 37.3 Å². The maximum atomic E-state index is 13.4. The van der Waals surface area contributed by atoms with Gasteiger partial charge in [0.15, 0.2) is 11.0 Å². The molecule has 0 spiro atoms. The molecule has 10 heteroatoms. The molecule has 1 atom stereocenters. The van der Waals surface area contributed by atoms with Crippen molar-refractivity contribution in [2.45, 2.75) is 24.7 Å². The molecule has 2 N–H and O–H groups in total. The molecule has 8 nitrogen and oxygen atoms in total. The Hall–Kier alpha value is -3.89. The number of carbonyl (C=O) groups excluding carboxylic acids is 2. The zero-order valence-electron chi connectivity index (χ0n) is 20.4. The van der Waals surface area contributed by atoms with Gasteiger partial charge in [-0.3, -0.25) is 15.0 Å². The summed E-state index contributed by atoms with van der Waals surface area (Å²) in [5.41, 5.74) is 7.03. The van der Waals surface area contributed by atoms with Gasteiger partial charge in [-0.1, -0.05) is 65.9 Å². The monoisotopic (exact) mass is 530 g/mol. The summed E-state index contributed by atoms with van der Waals surface area (Å²) in [6.45, 7) is 2.29. The third-order valence-electron chi connectivity index (χ3n) is 6.01. The molecule has 2 aromatic heterocycles. The Morgan fingerprint density at radius 1 is 1.05 bits per heavy atom. The number of nitrogens with zero attached hydrogens (tertiary/aromatic N) is 4. The Morgan fingerprint density at radius 3 is 2.57 bits per heavy atom. The number of thiophene rings is 1. The number of amides is 2. The van der Waals surface area contributed by atoms with Crippen molar-refractivity contribution >= 4 is 40.6 Å². The summed E-state index contributed by atoms with van der Waals surface area (Å²) in [7, 11) is 1.83. The summed E-state index contributed by atoms with van der Waals surface area (Å²) in [5.74, 6) is 0.547. The Labute approximate surface area is 223 Å². The minimum atomic E-state index is -0.214. The Morgan fingerprint density at radius 2 is 1.84 bits per heavy atom. The molecule has 1 unspecified atom stereocenters. The summed E-state index contributed by atoms with van der Waals surface area (Å²) < 4.78 is 1.80. The lowest BCUT2D eigenvalue weighted by atomic mass is 10.0. The third-order valence-corrected chi connectivity index (χ3v) is 7.92. The van der Waals surface area contributed by atoms with Crippen molar-refractivity contribution in [3.05, 3.63) is 106 Å². The highest BCUT2D eigenvalue weighted by molar-refractivity contribution is 7.99. The van der Waals surface area contributed by atoms with Crippen molar-refractivity contribution in [3.63, 3.8) is 0 Å². The smallest absolute Gasteiger partial charge is 0.252 e. The summed E-state index contributed by atoms with van der Waals surface area (Å²) in [6.07, 6.45) is 2.09. The van der Waals surface area contributed by atoms with Crippen LogP contribution in [0.2, 0.25) is 0 Å². The average molecular weight is 531 g/mol. The summed E-state index contributed by atoms with van der Waals surface area (Å²) >= 11 is 2.94. The fourth-order valence-corrected chi connectivity index (χ4v) is 5.43. The molecule has 5 rings (SSSR count). The number of thioether (sulfide) groups is 1. The van der Waals surface area contributed by atoms with Crippen molar-refractivity contribution in [3.8, 4) is 0 Å². The lowest BCUT2D eigenvalue weighted by Gasteiger charge is -2.25. The standard InChI is InChI=1S/C27H26N6O2S2/c1-18-10-12-19(13-11-18)22-15-21(23-9-6-14-36-23)31-33(22)25(34)17-37-27-30-29-24(32(27)2)16-28-26(35)20-7-4-3-5-8-20/h3-15,22,31H,16-17H2,1-2H3,(H,28,35). The number of nitrogens with one attached hydrogen (secondary N) is 2. The SMILES string of the molecule is Cc1ccc(C2C=C(c3cccs3)NN2C(=O)CSc2nnc(CNC(=O)c3ccccc3)n2C)cc1. The van der Waals surface area contributed by atoms with E-state index >= 15 is 0 Å². The van der Waals surface area contributed by atoms with Crippen LogP contribution in [0.1, 0.15) is 38.2 Å². The summed E-state index contributed by atoms with van der Waals surface area (Å²) in [6, 6.07) is 21.1. The van der Waals surface area contributed by atoms with Crippen LogP contribution in [0.25, 0.3) is 5.70 Å². The van der Waals surface area contributed by atoms with Crippen LogP contribution in [0.3, 0.4) is 0 Å². The number of aromatic nitrogens is 3. The van der Waals surface area contributed by atoms with Gasteiger partial charge >= 0.3 is 0 Å². The lowest BCUT2D eigenvalue weighted by Crippen LogP contribution is -2.40. The van der Waals surface area contributed by atoms with Crippen molar-refractivity contribution < 1.29 is 9.59 Å². The second-order valence-corrected chi connectivity index (χ2v) is 10.5. The number of hydrogen-bond donors (Lipinski definition) is 2. The van der Waals surface area contributed by atoms with Crippen LogP contribution in [0.5, 0.6) is 0 Å². The van der Waals surface area contributed by atoms with Crippen LogP contribution in [0, 0.1) is 6.92 Å². The topological polar surface area (TPSA) is 92.2 Å². The second-order valence-electron chi connectivity index (χ2n) is 8.58. The van der Waals surface area contributed by atoms with Crippen molar-refractivity contribution in [2.75, 3.05) is 5.75 Å². The molecule has 1 aliphatic rings. The quantitative estimate of drug-likeness (QED) is 0.330. The molecule has 4 aromatic rings. The van der Waals surface area contributed by atoms with Gasteiger partial charge in [-0.25, -0.2) is 5.01 Å². The number of aryl methyl sites for hydroxylation is 1. The van der Waals surface area contributed by atoms with Crippen molar-refractivity contribution in [1.82, 2.24) is 30.5 Å². The minimum Gasteiger partial charge on any atom is -0.345 e. The zero-order chi connectivity index (χ0) is 25.8. The first kappa shape index (κ1) is 24.8. The van der Waals surface area contributed by atoms with Gasteiger partial charge in [0.05, 0.1) is 28.9 Å². The number of benzene rings is 2. The predicted octanol–water partition coefficient (Wildman–Crippen LogP) is 4.34. The van der Waals surface area contributed by atoms with Gasteiger partial charge < -0.3 is 9.88 Å². The van der Waals surface area contributed by atoms with E-state index in [0.717, 1.165) is 16.1 Å². The largest absolute Gasteiger partial charge is 0.345 e. The fraction of sp³-hybridized carbons (Fsp3) is 0.185. The van der Waals surface area contributed by atoms with Crippen LogP contribution >= 0.6 is 23.1 Å². The Balaban J connectivity index is 1.24. The van der Waals surface area contributed by atoms with Crippen LogP contribution in [0.15, 0.2) is 83.3 Å². The van der Waals surface area contributed by atoms with E-state index in [1.807, 2.05) is 49.7 Å². The molecule has 2 amide bonds. The van der Waals surface area contributed by atoms with E-state index in [9.17, 15) is 9.59 Å². The number of carbonyl (C=O) groups is 2. The molecule has 0 saturated carbocycles. The van der Waals surface area contributed by atoms with E-state index in [1.54, 1.807) is 33.0 Å². The maximum absolute atomic E-state index is 13.4. The molecule has 37 heavy (non-hydrogen) atoms. The van der Waals surface area contributed by atoms with E-state index in [2.05, 4.69) is 51.3 Å². The van der Waals surface area contributed by atoms with Gasteiger partial charge in [0.2, 0.25) is 0 Å². The summed E-state index contributed by atoms with van der Waals surface area (Å²) in [4.78, 5) is 26.8. The first-order valence-corrected chi connectivity index (χ1v) is 13.6. The van der Waals surface area contributed by atoms with E-state index < -0.39 is 0 Å². The van der Waals surface area contributed by atoms with E-state index in [4.69, 9.17) is 0 Å². The van der Waals surface area contributed by atoms with Gasteiger partial charge in [-0.15, -0.1) is 21.5 Å². The highest BCUT2D eigenvalue weighted by Crippen LogP contribution is 2.33. The molecular formula is C27H26N6O2S2. The van der Waals surface area contributed by atoms with Gasteiger partial charge in [-0.05, 0) is 42.1 Å². The molecule has 2 aromatic carbocycles. The third kappa shape index (κ3) is 5.60.